The number of fused-ring (bicyclic) bond motifs is 1. The zero-order chi connectivity index (χ0) is 25.2. The Bertz CT molecular complexity index is 1540. The number of aromatic carboxylic acids is 1. The fraction of sp³-hybridized carbons (Fsp3) is 0.0741. The van der Waals surface area contributed by atoms with Crippen LogP contribution in [-0.4, -0.2) is 40.3 Å². The number of hydrogen-bond acceptors (Lipinski definition) is 6. The lowest BCUT2D eigenvalue weighted by molar-refractivity contribution is -0.123. The number of hydrogen-bond donors (Lipinski definition) is 1. The van der Waals surface area contributed by atoms with Crippen molar-refractivity contribution in [2.45, 2.75) is 0 Å². The minimum Gasteiger partial charge on any atom is -0.491 e. The predicted octanol–water partition coefficient (Wildman–Crippen LogP) is 6.57. The molecule has 2 heterocycles. The van der Waals surface area contributed by atoms with Crippen LogP contribution in [-0.2, 0) is 4.79 Å². The summed E-state index contributed by atoms with van der Waals surface area (Å²) in [4.78, 5) is 37.9. The number of carbonyl (C=O) groups excluding carboxylic acids is 2. The van der Waals surface area contributed by atoms with Crippen molar-refractivity contribution in [3.05, 3.63) is 94.0 Å². The van der Waals surface area contributed by atoms with Crippen molar-refractivity contribution < 1.29 is 28.6 Å². The Balaban J connectivity index is 1.26. The van der Waals surface area contributed by atoms with Gasteiger partial charge in [-0.2, -0.15) is 0 Å². The molecule has 5 rings (SSSR count). The molecular weight excluding hydrogens is 502 g/mol. The van der Waals surface area contributed by atoms with Crippen LogP contribution in [0.15, 0.2) is 82.1 Å². The van der Waals surface area contributed by atoms with Gasteiger partial charge in [0.1, 0.15) is 23.9 Å². The number of imide groups is 1. The van der Waals surface area contributed by atoms with Gasteiger partial charge in [0.05, 0.1) is 22.0 Å². The van der Waals surface area contributed by atoms with Crippen LogP contribution in [0.2, 0.25) is 5.02 Å². The van der Waals surface area contributed by atoms with Gasteiger partial charge >= 0.3 is 5.97 Å². The number of carbonyl (C=O) groups is 3. The quantitative estimate of drug-likeness (QED) is 0.276. The molecule has 1 aliphatic rings. The predicted molar refractivity (Wildman–Crippen MR) is 138 cm³/mol. The van der Waals surface area contributed by atoms with Crippen molar-refractivity contribution in [1.82, 2.24) is 4.90 Å². The number of carboxylic acids is 1. The van der Waals surface area contributed by atoms with E-state index in [1.54, 1.807) is 18.2 Å². The van der Waals surface area contributed by atoms with E-state index in [9.17, 15) is 14.4 Å². The summed E-state index contributed by atoms with van der Waals surface area (Å²) in [5.74, 6) is -0.0257. The number of carboxylic acid groups (broad SMARTS) is 1. The largest absolute Gasteiger partial charge is 0.491 e. The van der Waals surface area contributed by atoms with Crippen molar-refractivity contribution in [3.63, 3.8) is 0 Å². The van der Waals surface area contributed by atoms with Crippen LogP contribution in [0.1, 0.15) is 16.1 Å². The van der Waals surface area contributed by atoms with Gasteiger partial charge in [-0.15, -0.1) is 0 Å². The zero-order valence-corrected chi connectivity index (χ0v) is 20.2. The normalized spacial score (nSPS) is 14.7. The van der Waals surface area contributed by atoms with E-state index in [1.165, 1.54) is 18.2 Å². The van der Waals surface area contributed by atoms with Crippen LogP contribution in [0.25, 0.3) is 28.2 Å². The molecule has 0 saturated carbocycles. The molecule has 2 amide bonds. The second-order valence-electron chi connectivity index (χ2n) is 7.86. The SMILES string of the molecule is O=C(O)c1ccc(-c2ccc(/C=C3\SC(=O)N(CCOc4cccc5ccccc45)C3=O)o2)cc1Cl. The van der Waals surface area contributed by atoms with E-state index in [1.807, 2.05) is 42.5 Å². The van der Waals surface area contributed by atoms with Crippen LogP contribution < -0.4 is 4.74 Å². The summed E-state index contributed by atoms with van der Waals surface area (Å²) in [6.45, 7) is 0.278. The second kappa shape index (κ2) is 9.93. The molecule has 0 radical (unpaired) electrons. The van der Waals surface area contributed by atoms with Crippen LogP contribution in [0.3, 0.4) is 0 Å². The van der Waals surface area contributed by atoms with E-state index in [0.29, 0.717) is 22.8 Å². The third-order valence-electron chi connectivity index (χ3n) is 5.58. The summed E-state index contributed by atoms with van der Waals surface area (Å²) < 4.78 is 11.7. The molecular formula is C27H18ClNO6S. The van der Waals surface area contributed by atoms with E-state index in [4.69, 9.17) is 25.9 Å². The molecule has 0 unspecified atom stereocenters. The molecule has 0 aliphatic carbocycles. The van der Waals surface area contributed by atoms with Gasteiger partial charge in [-0.3, -0.25) is 14.5 Å². The smallest absolute Gasteiger partial charge is 0.337 e. The molecule has 1 saturated heterocycles. The first-order valence-corrected chi connectivity index (χ1v) is 12.1. The van der Waals surface area contributed by atoms with Gasteiger partial charge in [0.2, 0.25) is 0 Å². The van der Waals surface area contributed by atoms with Gasteiger partial charge in [0.15, 0.2) is 0 Å². The van der Waals surface area contributed by atoms with Crippen molar-refractivity contribution in [3.8, 4) is 17.1 Å². The van der Waals surface area contributed by atoms with E-state index < -0.39 is 11.9 Å². The number of ether oxygens (including phenoxy) is 1. The van der Waals surface area contributed by atoms with Crippen LogP contribution in [0.5, 0.6) is 5.75 Å². The molecule has 0 spiro atoms. The highest BCUT2D eigenvalue weighted by molar-refractivity contribution is 8.18. The third kappa shape index (κ3) is 4.73. The van der Waals surface area contributed by atoms with E-state index in [-0.39, 0.29) is 33.9 Å². The Morgan fingerprint density at radius 3 is 2.67 bits per heavy atom. The van der Waals surface area contributed by atoms with Gasteiger partial charge < -0.3 is 14.3 Å². The molecule has 0 atom stereocenters. The lowest BCUT2D eigenvalue weighted by Gasteiger charge is -2.14. The Morgan fingerprint density at radius 1 is 1.06 bits per heavy atom. The maximum Gasteiger partial charge on any atom is 0.337 e. The number of halogens is 1. The first kappa shape index (κ1) is 23.7. The molecule has 0 bridgehead atoms. The average Bonchev–Trinajstić information content (AvgIpc) is 3.44. The van der Waals surface area contributed by atoms with Gasteiger partial charge in [-0.05, 0) is 47.5 Å². The minimum absolute atomic E-state index is 0.00898. The Hall–Kier alpha value is -4.01. The molecule has 4 aromatic rings. The van der Waals surface area contributed by atoms with Crippen LogP contribution >= 0.6 is 23.4 Å². The summed E-state index contributed by atoms with van der Waals surface area (Å²) in [6.07, 6.45) is 1.51. The molecule has 1 N–H and O–H groups in total. The van der Waals surface area contributed by atoms with E-state index in [2.05, 4.69) is 0 Å². The average molecular weight is 520 g/mol. The van der Waals surface area contributed by atoms with Crippen LogP contribution in [0, 0.1) is 0 Å². The van der Waals surface area contributed by atoms with Gasteiger partial charge in [0.25, 0.3) is 11.1 Å². The third-order valence-corrected chi connectivity index (χ3v) is 6.80. The molecule has 1 aliphatic heterocycles. The molecule has 1 fully saturated rings. The lowest BCUT2D eigenvalue weighted by Crippen LogP contribution is -2.32. The van der Waals surface area contributed by atoms with Crippen molar-refractivity contribution in [2.75, 3.05) is 13.2 Å². The number of thioether (sulfide) groups is 1. The Morgan fingerprint density at radius 2 is 1.86 bits per heavy atom. The summed E-state index contributed by atoms with van der Waals surface area (Å²) in [6, 6.07) is 21.4. The number of amides is 2. The fourth-order valence-electron chi connectivity index (χ4n) is 3.82. The molecule has 1 aromatic heterocycles. The molecule has 36 heavy (non-hydrogen) atoms. The van der Waals surface area contributed by atoms with Gasteiger partial charge in [-0.25, -0.2) is 4.79 Å². The highest BCUT2D eigenvalue weighted by Gasteiger charge is 2.35. The fourth-order valence-corrected chi connectivity index (χ4v) is 4.92. The summed E-state index contributed by atoms with van der Waals surface area (Å²) >= 11 is 6.88. The van der Waals surface area contributed by atoms with Gasteiger partial charge in [-0.1, -0.05) is 54.1 Å². The summed E-state index contributed by atoms with van der Waals surface area (Å²) in [7, 11) is 0. The number of rotatable bonds is 7. The molecule has 9 heteroatoms. The maximum absolute atomic E-state index is 12.8. The standard InChI is InChI=1S/C27H18ClNO6S/c28-21-14-17(8-10-20(21)26(31)32)22-11-9-18(35-22)15-24-25(30)29(27(33)36-24)12-13-34-23-7-3-5-16-4-1-2-6-19(16)23/h1-11,14-15H,12-13H2,(H,31,32)/b24-15-. The van der Waals surface area contributed by atoms with Crippen molar-refractivity contribution in [1.29, 1.82) is 0 Å². The Labute approximate surface area is 214 Å². The highest BCUT2D eigenvalue weighted by Crippen LogP contribution is 2.34. The molecule has 180 valence electrons. The minimum atomic E-state index is -1.12. The highest BCUT2D eigenvalue weighted by atomic mass is 35.5. The van der Waals surface area contributed by atoms with Crippen molar-refractivity contribution >= 4 is 57.3 Å². The monoisotopic (exact) mass is 519 g/mol. The molecule has 7 nitrogen and oxygen atoms in total. The second-order valence-corrected chi connectivity index (χ2v) is 9.26. The topological polar surface area (TPSA) is 97.0 Å². The summed E-state index contributed by atoms with van der Waals surface area (Å²) in [5, 5.41) is 10.8. The molecule has 3 aromatic carbocycles. The maximum atomic E-state index is 12.8. The summed E-state index contributed by atoms with van der Waals surface area (Å²) in [5.41, 5.74) is 0.577. The number of benzene rings is 3. The van der Waals surface area contributed by atoms with Gasteiger partial charge in [0, 0.05) is 17.0 Å². The van der Waals surface area contributed by atoms with E-state index in [0.717, 1.165) is 27.4 Å². The van der Waals surface area contributed by atoms with E-state index >= 15 is 0 Å². The Kier molecular flexibility index (Phi) is 6.54. The first-order chi connectivity index (χ1) is 17.4. The lowest BCUT2D eigenvalue weighted by atomic mass is 10.1. The number of nitrogens with zero attached hydrogens (tertiary/aromatic N) is 1. The zero-order valence-electron chi connectivity index (χ0n) is 18.6. The van der Waals surface area contributed by atoms with Crippen molar-refractivity contribution in [2.24, 2.45) is 0 Å². The number of furan rings is 1. The van der Waals surface area contributed by atoms with Crippen LogP contribution in [0.4, 0.5) is 4.79 Å². The first-order valence-electron chi connectivity index (χ1n) is 10.9.